The van der Waals surface area contributed by atoms with E-state index in [1.54, 1.807) is 23.1 Å². The molecule has 0 spiro atoms. The Bertz CT molecular complexity index is 618. The van der Waals surface area contributed by atoms with Gasteiger partial charge in [0.25, 0.3) is 0 Å². The molecule has 7 nitrogen and oxygen atoms in total. The zero-order chi connectivity index (χ0) is 17.9. The molecular weight excluding hydrogens is 310 g/mol. The molecule has 0 bridgehead atoms. The molecule has 2 unspecified atom stereocenters. The van der Waals surface area contributed by atoms with Crippen molar-refractivity contribution in [1.82, 2.24) is 15.1 Å². The highest BCUT2D eigenvalue weighted by molar-refractivity contribution is 6.00. The molecule has 0 radical (unpaired) electrons. The first-order valence-corrected chi connectivity index (χ1v) is 7.89. The summed E-state index contributed by atoms with van der Waals surface area (Å²) < 4.78 is 10.6. The third-order valence-electron chi connectivity index (χ3n) is 4.09. The molecule has 1 aromatic rings. The van der Waals surface area contributed by atoms with Gasteiger partial charge in [-0.2, -0.15) is 0 Å². The topological polar surface area (TPSA) is 71.1 Å². The maximum absolute atomic E-state index is 12.7. The lowest BCUT2D eigenvalue weighted by Gasteiger charge is -2.30. The summed E-state index contributed by atoms with van der Waals surface area (Å²) in [6.07, 6.45) is -0.259. The van der Waals surface area contributed by atoms with Gasteiger partial charge >= 0.3 is 0 Å². The number of ketones is 1. The zero-order valence-corrected chi connectivity index (χ0v) is 14.8. The first kappa shape index (κ1) is 18.2. The summed E-state index contributed by atoms with van der Waals surface area (Å²) in [7, 11) is 5.48. The fourth-order valence-electron chi connectivity index (χ4n) is 2.48. The van der Waals surface area contributed by atoms with E-state index in [1.165, 1.54) is 0 Å². The van der Waals surface area contributed by atoms with Crippen LogP contribution >= 0.6 is 0 Å². The Balaban J connectivity index is 2.00. The number of hydrogen-bond acceptors (Lipinski definition) is 6. The van der Waals surface area contributed by atoms with Gasteiger partial charge < -0.3 is 19.7 Å². The van der Waals surface area contributed by atoms with Crippen molar-refractivity contribution in [2.24, 2.45) is 0 Å². The maximum atomic E-state index is 12.7. The fourth-order valence-corrected chi connectivity index (χ4v) is 2.48. The molecule has 1 aliphatic rings. The summed E-state index contributed by atoms with van der Waals surface area (Å²) in [5.74, 6) is 1.12. The lowest BCUT2D eigenvalue weighted by molar-refractivity contribution is -0.123. The molecule has 1 N–H and O–H groups in total. The van der Waals surface area contributed by atoms with Crippen LogP contribution in [0, 0.1) is 0 Å². The quantitative estimate of drug-likeness (QED) is 0.591. The summed E-state index contributed by atoms with van der Waals surface area (Å²) >= 11 is 0. The second kappa shape index (κ2) is 7.63. The zero-order valence-electron chi connectivity index (χ0n) is 14.8. The predicted molar refractivity (Wildman–Crippen MR) is 90.3 cm³/mol. The van der Waals surface area contributed by atoms with E-state index < -0.39 is 0 Å². The van der Waals surface area contributed by atoms with Crippen LogP contribution in [0.3, 0.4) is 0 Å². The minimum absolute atomic E-state index is 0.0375. The van der Waals surface area contributed by atoms with Crippen LogP contribution in [-0.4, -0.2) is 68.2 Å². The Kier molecular flexibility index (Phi) is 5.80. The minimum atomic E-state index is -0.389. The molecule has 1 heterocycles. The Morgan fingerprint density at radius 3 is 2.50 bits per heavy atom. The van der Waals surface area contributed by atoms with Gasteiger partial charge in [-0.05, 0) is 53.2 Å². The number of likely N-dealkylation sites (N-methyl/N-ethyl adjacent to an activating group) is 2. The SMILES string of the molecule is CC(NC(=O)CN(C)C)N(C)C(C)C(=O)c1ccc2c(c1)OCO2. The number of carbonyl (C=O) groups excluding carboxylic acids is 2. The van der Waals surface area contributed by atoms with Gasteiger partial charge in [0.1, 0.15) is 0 Å². The molecule has 2 atom stereocenters. The van der Waals surface area contributed by atoms with Gasteiger partial charge in [0, 0.05) is 5.56 Å². The number of fused-ring (bicyclic) bond motifs is 1. The normalized spacial score (nSPS) is 15.5. The van der Waals surface area contributed by atoms with Gasteiger partial charge in [-0.15, -0.1) is 0 Å². The molecule has 0 aromatic heterocycles. The Morgan fingerprint density at radius 1 is 1.17 bits per heavy atom. The summed E-state index contributed by atoms with van der Waals surface area (Å²) in [5.41, 5.74) is 0.561. The third kappa shape index (κ3) is 4.24. The van der Waals surface area contributed by atoms with Crippen LogP contribution in [0.5, 0.6) is 11.5 Å². The average molecular weight is 335 g/mol. The van der Waals surface area contributed by atoms with Crippen LogP contribution < -0.4 is 14.8 Å². The number of rotatable bonds is 7. The number of hydrogen-bond donors (Lipinski definition) is 1. The molecule has 7 heteroatoms. The monoisotopic (exact) mass is 335 g/mol. The minimum Gasteiger partial charge on any atom is -0.454 e. The average Bonchev–Trinajstić information content (AvgIpc) is 2.99. The molecule has 0 saturated heterocycles. The molecular formula is C17H25N3O4. The second-order valence-electron chi connectivity index (χ2n) is 6.26. The molecule has 0 aliphatic carbocycles. The summed E-state index contributed by atoms with van der Waals surface area (Å²) in [5, 5.41) is 2.89. The maximum Gasteiger partial charge on any atom is 0.235 e. The van der Waals surface area contributed by atoms with Crippen molar-refractivity contribution in [3.63, 3.8) is 0 Å². The van der Waals surface area contributed by atoms with E-state index in [9.17, 15) is 9.59 Å². The van der Waals surface area contributed by atoms with E-state index in [4.69, 9.17) is 9.47 Å². The van der Waals surface area contributed by atoms with Gasteiger partial charge in [-0.3, -0.25) is 14.5 Å². The van der Waals surface area contributed by atoms with Gasteiger partial charge in [0.15, 0.2) is 17.3 Å². The third-order valence-corrected chi connectivity index (χ3v) is 4.09. The van der Waals surface area contributed by atoms with Crippen LogP contribution in [0.1, 0.15) is 24.2 Å². The number of nitrogens with one attached hydrogen (secondary N) is 1. The lowest BCUT2D eigenvalue weighted by atomic mass is 10.0. The van der Waals surface area contributed by atoms with Crippen LogP contribution in [-0.2, 0) is 4.79 Å². The van der Waals surface area contributed by atoms with Gasteiger partial charge in [0.2, 0.25) is 12.7 Å². The van der Waals surface area contributed by atoms with Crippen molar-refractivity contribution in [3.8, 4) is 11.5 Å². The highest BCUT2D eigenvalue weighted by Gasteiger charge is 2.26. The molecule has 1 aromatic carbocycles. The molecule has 1 aliphatic heterocycles. The standard InChI is InChI=1S/C17H25N3O4/c1-11(20(5)12(2)18-16(21)9-19(3)4)17(22)13-6-7-14-15(8-13)24-10-23-14/h6-8,11-12H,9-10H2,1-5H3,(H,18,21). The number of Topliss-reactive ketones (excluding diaryl/α,β-unsaturated/α-hetero) is 1. The van der Waals surface area contributed by atoms with E-state index in [0.29, 0.717) is 23.6 Å². The summed E-state index contributed by atoms with van der Waals surface area (Å²) in [4.78, 5) is 28.2. The van der Waals surface area contributed by atoms with Gasteiger partial charge in [0.05, 0.1) is 18.8 Å². The summed E-state index contributed by atoms with van der Waals surface area (Å²) in [6, 6.07) is 4.78. The molecule has 1 amide bonds. The Hall–Kier alpha value is -2.12. The molecule has 0 saturated carbocycles. The van der Waals surface area contributed by atoms with E-state index >= 15 is 0 Å². The summed E-state index contributed by atoms with van der Waals surface area (Å²) in [6.45, 7) is 4.17. The number of ether oxygens (including phenoxy) is 2. The molecule has 0 fully saturated rings. The van der Waals surface area contributed by atoms with Crippen LogP contribution in [0.2, 0.25) is 0 Å². The highest BCUT2D eigenvalue weighted by Crippen LogP contribution is 2.33. The Morgan fingerprint density at radius 2 is 1.83 bits per heavy atom. The van der Waals surface area contributed by atoms with Crippen LogP contribution in [0.4, 0.5) is 0 Å². The van der Waals surface area contributed by atoms with E-state index in [0.717, 1.165) is 0 Å². The van der Waals surface area contributed by atoms with Crippen molar-refractivity contribution in [2.45, 2.75) is 26.1 Å². The van der Waals surface area contributed by atoms with Crippen LogP contribution in [0.25, 0.3) is 0 Å². The second-order valence-corrected chi connectivity index (χ2v) is 6.26. The molecule has 132 valence electrons. The first-order valence-electron chi connectivity index (χ1n) is 7.89. The van der Waals surface area contributed by atoms with Crippen molar-refractivity contribution in [3.05, 3.63) is 23.8 Å². The number of nitrogens with zero attached hydrogens (tertiary/aromatic N) is 2. The largest absolute Gasteiger partial charge is 0.454 e. The Labute approximate surface area is 142 Å². The smallest absolute Gasteiger partial charge is 0.235 e. The molecule has 2 rings (SSSR count). The molecule has 24 heavy (non-hydrogen) atoms. The van der Waals surface area contributed by atoms with Crippen molar-refractivity contribution < 1.29 is 19.1 Å². The van der Waals surface area contributed by atoms with E-state index in [2.05, 4.69) is 5.32 Å². The predicted octanol–water partition coefficient (Wildman–Crippen LogP) is 0.942. The van der Waals surface area contributed by atoms with E-state index in [1.807, 2.05) is 39.9 Å². The number of carbonyl (C=O) groups is 2. The van der Waals surface area contributed by atoms with Gasteiger partial charge in [-0.25, -0.2) is 0 Å². The number of benzene rings is 1. The van der Waals surface area contributed by atoms with Gasteiger partial charge in [-0.1, -0.05) is 0 Å². The van der Waals surface area contributed by atoms with Crippen molar-refractivity contribution in [2.75, 3.05) is 34.5 Å². The van der Waals surface area contributed by atoms with Crippen LogP contribution in [0.15, 0.2) is 18.2 Å². The highest BCUT2D eigenvalue weighted by atomic mass is 16.7. The van der Waals surface area contributed by atoms with Crippen molar-refractivity contribution >= 4 is 11.7 Å². The number of amides is 1. The van der Waals surface area contributed by atoms with E-state index in [-0.39, 0.29) is 30.7 Å². The van der Waals surface area contributed by atoms with Crippen molar-refractivity contribution in [1.29, 1.82) is 0 Å². The lowest BCUT2D eigenvalue weighted by Crippen LogP contribution is -2.51. The fraction of sp³-hybridized carbons (Fsp3) is 0.529. The first-order chi connectivity index (χ1) is 11.3.